The largest absolute Gasteiger partial charge is 0.455 e. The van der Waals surface area contributed by atoms with Crippen LogP contribution < -0.4 is 5.32 Å². The molecule has 0 aliphatic heterocycles. The summed E-state index contributed by atoms with van der Waals surface area (Å²) in [6.45, 7) is -0.506. The summed E-state index contributed by atoms with van der Waals surface area (Å²) in [6.07, 6.45) is -0.0482. The van der Waals surface area contributed by atoms with Gasteiger partial charge in [-0.1, -0.05) is 17.7 Å². The number of amides is 1. The summed E-state index contributed by atoms with van der Waals surface area (Å²) in [5, 5.41) is 17.7. The minimum absolute atomic E-state index is 0.0115. The molecule has 0 bridgehead atoms. The van der Waals surface area contributed by atoms with Crippen molar-refractivity contribution < 1.29 is 19.2 Å². The van der Waals surface area contributed by atoms with Gasteiger partial charge in [-0.15, -0.1) is 22.7 Å². The Hall–Kier alpha value is -2.82. The van der Waals surface area contributed by atoms with Crippen LogP contribution in [0.3, 0.4) is 0 Å². The number of aromatic nitrogens is 1. The Balaban J connectivity index is 1.49. The van der Waals surface area contributed by atoms with Crippen molar-refractivity contribution in [2.24, 2.45) is 0 Å². The highest BCUT2D eigenvalue weighted by Gasteiger charge is 2.14. The highest BCUT2D eigenvalue weighted by atomic mass is 35.5. The van der Waals surface area contributed by atoms with Crippen molar-refractivity contribution in [3.05, 3.63) is 61.9 Å². The first-order chi connectivity index (χ1) is 13.4. The molecular weight excluding hydrogens is 426 g/mol. The summed E-state index contributed by atoms with van der Waals surface area (Å²) in [7, 11) is 0. The number of thiophene rings is 1. The average molecular weight is 438 g/mol. The standard InChI is InChI=1S/C17H12ClN3O5S2/c18-12-7-11(21(24)25)3-4-13(12)20-15(22)8-26-16(23)6-10-9-28-17(19-10)14-2-1-5-27-14/h1-5,7,9H,6,8H2,(H,20,22). The minimum Gasteiger partial charge on any atom is -0.455 e. The fourth-order valence-corrected chi connectivity index (χ4v) is 4.01. The summed E-state index contributed by atoms with van der Waals surface area (Å²) in [5.74, 6) is -1.20. The molecule has 1 aromatic carbocycles. The summed E-state index contributed by atoms with van der Waals surface area (Å²) in [5.41, 5.74) is 0.560. The normalized spacial score (nSPS) is 10.5. The summed E-state index contributed by atoms with van der Waals surface area (Å²) in [6, 6.07) is 7.50. The van der Waals surface area contributed by atoms with E-state index < -0.39 is 23.4 Å². The Labute approximate surface area is 171 Å². The number of nitrogens with one attached hydrogen (secondary N) is 1. The van der Waals surface area contributed by atoms with E-state index >= 15 is 0 Å². The lowest BCUT2D eigenvalue weighted by Gasteiger charge is -2.07. The van der Waals surface area contributed by atoms with Gasteiger partial charge in [0.1, 0.15) is 5.01 Å². The topological polar surface area (TPSA) is 111 Å². The number of benzene rings is 1. The van der Waals surface area contributed by atoms with Crippen molar-refractivity contribution >= 4 is 57.5 Å². The van der Waals surface area contributed by atoms with Crippen LogP contribution in [-0.4, -0.2) is 28.4 Å². The third kappa shape index (κ3) is 5.12. The second-order valence-electron chi connectivity index (χ2n) is 5.43. The number of halogens is 1. The summed E-state index contributed by atoms with van der Waals surface area (Å²) < 4.78 is 4.95. The van der Waals surface area contributed by atoms with Crippen molar-refractivity contribution in [1.29, 1.82) is 0 Å². The molecule has 1 N–H and O–H groups in total. The van der Waals surface area contributed by atoms with Gasteiger partial charge in [0, 0.05) is 17.5 Å². The maximum Gasteiger partial charge on any atom is 0.312 e. The fraction of sp³-hybridized carbons (Fsp3) is 0.118. The molecule has 11 heteroatoms. The zero-order chi connectivity index (χ0) is 20.1. The Bertz CT molecular complexity index is 1020. The van der Waals surface area contributed by atoms with E-state index in [9.17, 15) is 19.7 Å². The Morgan fingerprint density at radius 3 is 2.79 bits per heavy atom. The number of nitro benzene ring substituents is 1. The average Bonchev–Trinajstić information content (AvgIpc) is 3.33. The number of carbonyl (C=O) groups excluding carboxylic acids is 2. The maximum atomic E-state index is 11.9. The molecule has 28 heavy (non-hydrogen) atoms. The highest BCUT2D eigenvalue weighted by molar-refractivity contribution is 7.20. The number of anilines is 1. The van der Waals surface area contributed by atoms with Gasteiger partial charge in [0.05, 0.1) is 32.6 Å². The van der Waals surface area contributed by atoms with Crippen LogP contribution in [0, 0.1) is 10.1 Å². The zero-order valence-electron chi connectivity index (χ0n) is 14.1. The minimum atomic E-state index is -0.610. The smallest absolute Gasteiger partial charge is 0.312 e. The van der Waals surface area contributed by atoms with Crippen LogP contribution in [0.15, 0.2) is 41.1 Å². The molecular formula is C17H12ClN3O5S2. The number of hydrogen-bond acceptors (Lipinski definition) is 8. The first-order valence-corrected chi connectivity index (χ1v) is 9.94. The molecule has 0 atom stereocenters. The van der Waals surface area contributed by atoms with E-state index in [1.807, 2.05) is 17.5 Å². The van der Waals surface area contributed by atoms with Gasteiger partial charge in [-0.3, -0.25) is 19.7 Å². The number of non-ortho nitro benzene ring substituents is 1. The van der Waals surface area contributed by atoms with Crippen molar-refractivity contribution in [3.8, 4) is 9.88 Å². The molecule has 0 aliphatic rings. The third-order valence-electron chi connectivity index (χ3n) is 3.41. The monoisotopic (exact) mass is 437 g/mol. The molecule has 2 aromatic heterocycles. The number of carbonyl (C=O) groups is 2. The fourth-order valence-electron chi connectivity index (χ4n) is 2.15. The predicted molar refractivity (Wildman–Crippen MR) is 107 cm³/mol. The third-order valence-corrected chi connectivity index (χ3v) is 5.65. The number of rotatable bonds is 7. The quantitative estimate of drug-likeness (QED) is 0.337. The first-order valence-electron chi connectivity index (χ1n) is 7.80. The maximum absolute atomic E-state index is 11.9. The van der Waals surface area contributed by atoms with Gasteiger partial charge in [-0.25, -0.2) is 4.98 Å². The summed E-state index contributed by atoms with van der Waals surface area (Å²) in [4.78, 5) is 39.3. The molecule has 0 radical (unpaired) electrons. The van der Waals surface area contributed by atoms with E-state index in [1.54, 1.807) is 16.7 Å². The van der Waals surface area contributed by atoms with Gasteiger partial charge in [0.2, 0.25) is 0 Å². The molecule has 0 fully saturated rings. The van der Waals surface area contributed by atoms with Crippen LogP contribution in [0.25, 0.3) is 9.88 Å². The van der Waals surface area contributed by atoms with E-state index in [1.165, 1.54) is 23.5 Å². The number of hydrogen-bond donors (Lipinski definition) is 1. The lowest BCUT2D eigenvalue weighted by molar-refractivity contribution is -0.384. The van der Waals surface area contributed by atoms with E-state index in [0.29, 0.717) is 5.69 Å². The van der Waals surface area contributed by atoms with Gasteiger partial charge in [0.25, 0.3) is 11.6 Å². The second-order valence-corrected chi connectivity index (χ2v) is 7.64. The summed E-state index contributed by atoms with van der Waals surface area (Å²) >= 11 is 8.89. The molecule has 0 saturated heterocycles. The van der Waals surface area contributed by atoms with Crippen molar-refractivity contribution in [2.45, 2.75) is 6.42 Å². The van der Waals surface area contributed by atoms with E-state index in [2.05, 4.69) is 10.3 Å². The lowest BCUT2D eigenvalue weighted by atomic mass is 10.3. The first kappa shape index (κ1) is 19.9. The van der Waals surface area contributed by atoms with Crippen LogP contribution in [-0.2, 0) is 20.7 Å². The van der Waals surface area contributed by atoms with E-state index in [-0.39, 0.29) is 22.8 Å². The van der Waals surface area contributed by atoms with Gasteiger partial charge in [-0.05, 0) is 17.5 Å². The molecule has 3 rings (SSSR count). The van der Waals surface area contributed by atoms with Crippen molar-refractivity contribution in [3.63, 3.8) is 0 Å². The number of nitro groups is 1. The van der Waals surface area contributed by atoms with Crippen molar-refractivity contribution in [2.75, 3.05) is 11.9 Å². The highest BCUT2D eigenvalue weighted by Crippen LogP contribution is 2.28. The molecule has 8 nitrogen and oxygen atoms in total. The molecule has 0 unspecified atom stereocenters. The predicted octanol–water partition coefficient (Wildman–Crippen LogP) is 4.16. The van der Waals surface area contributed by atoms with Crippen LogP contribution in [0.2, 0.25) is 5.02 Å². The van der Waals surface area contributed by atoms with Crippen LogP contribution in [0.4, 0.5) is 11.4 Å². The molecule has 2 heterocycles. The SMILES string of the molecule is O=C(COC(=O)Cc1csc(-c2cccs2)n1)Nc1ccc([N+](=O)[O-])cc1Cl. The number of ether oxygens (including phenoxy) is 1. The molecule has 3 aromatic rings. The molecule has 0 saturated carbocycles. The van der Waals surface area contributed by atoms with Gasteiger partial charge >= 0.3 is 5.97 Å². The molecule has 144 valence electrons. The number of nitrogens with zero attached hydrogens (tertiary/aromatic N) is 2. The van der Waals surface area contributed by atoms with E-state index in [0.717, 1.165) is 16.0 Å². The molecule has 1 amide bonds. The van der Waals surface area contributed by atoms with Gasteiger partial charge < -0.3 is 10.1 Å². The molecule has 0 spiro atoms. The van der Waals surface area contributed by atoms with Crippen LogP contribution in [0.5, 0.6) is 0 Å². The number of esters is 1. The molecule has 0 aliphatic carbocycles. The van der Waals surface area contributed by atoms with Crippen LogP contribution in [0.1, 0.15) is 5.69 Å². The van der Waals surface area contributed by atoms with Crippen LogP contribution >= 0.6 is 34.3 Å². The Morgan fingerprint density at radius 1 is 1.29 bits per heavy atom. The lowest BCUT2D eigenvalue weighted by Crippen LogP contribution is -2.21. The Kier molecular flexibility index (Phi) is 6.34. The van der Waals surface area contributed by atoms with E-state index in [4.69, 9.17) is 16.3 Å². The van der Waals surface area contributed by atoms with Gasteiger partial charge in [0.15, 0.2) is 6.61 Å². The van der Waals surface area contributed by atoms with Crippen molar-refractivity contribution in [1.82, 2.24) is 4.98 Å². The second kappa shape index (κ2) is 8.91. The Morgan fingerprint density at radius 2 is 2.11 bits per heavy atom. The zero-order valence-corrected chi connectivity index (χ0v) is 16.5. The van der Waals surface area contributed by atoms with Gasteiger partial charge in [-0.2, -0.15) is 0 Å². The number of thiazole rings is 1.